The molecule has 0 unspecified atom stereocenters. The van der Waals surface area contributed by atoms with Gasteiger partial charge in [-0.25, -0.2) is 9.50 Å². The van der Waals surface area contributed by atoms with Gasteiger partial charge in [-0.2, -0.15) is 0 Å². The van der Waals surface area contributed by atoms with Crippen LogP contribution in [0, 0.1) is 3.70 Å². The third-order valence-corrected chi connectivity index (χ3v) is 4.43. The van der Waals surface area contributed by atoms with Gasteiger partial charge < -0.3 is 9.64 Å². The van der Waals surface area contributed by atoms with E-state index in [1.165, 1.54) is 0 Å². The largest absolute Gasteiger partial charge is 0.493 e. The highest BCUT2D eigenvalue weighted by atomic mass is 127. The predicted octanol–water partition coefficient (Wildman–Crippen LogP) is 1.46. The standard InChI is InChI=1S/C13H15IN4O2/c1-17(2)12(19)13(6-7-13)11-15-10-8(20-3)4-5-9(14)18(10)16-11/h4-5H,6-7H2,1-3H3. The van der Waals surface area contributed by atoms with E-state index in [9.17, 15) is 4.79 Å². The molecule has 1 aliphatic carbocycles. The zero-order chi connectivity index (χ0) is 14.5. The topological polar surface area (TPSA) is 59.7 Å². The lowest BCUT2D eigenvalue weighted by molar-refractivity contribution is -0.131. The van der Waals surface area contributed by atoms with Crippen molar-refractivity contribution in [3.63, 3.8) is 0 Å². The fourth-order valence-corrected chi connectivity index (χ4v) is 2.87. The van der Waals surface area contributed by atoms with Gasteiger partial charge >= 0.3 is 0 Å². The van der Waals surface area contributed by atoms with E-state index < -0.39 is 5.41 Å². The molecule has 0 aliphatic heterocycles. The van der Waals surface area contributed by atoms with Crippen LogP contribution in [0.2, 0.25) is 0 Å². The molecule has 20 heavy (non-hydrogen) atoms. The fraction of sp³-hybridized carbons (Fsp3) is 0.462. The van der Waals surface area contributed by atoms with Crippen molar-refractivity contribution in [3.8, 4) is 5.75 Å². The number of amides is 1. The lowest BCUT2D eigenvalue weighted by Gasteiger charge is -2.16. The normalized spacial score (nSPS) is 16.2. The van der Waals surface area contributed by atoms with Crippen LogP contribution in [0.15, 0.2) is 12.1 Å². The fourth-order valence-electron chi connectivity index (χ4n) is 2.36. The molecule has 0 spiro atoms. The molecule has 0 bridgehead atoms. The maximum atomic E-state index is 12.3. The van der Waals surface area contributed by atoms with Crippen molar-refractivity contribution in [2.45, 2.75) is 18.3 Å². The SMILES string of the molecule is COc1ccc(I)n2nc(C3(C(=O)N(C)C)CC3)nc12. The summed E-state index contributed by atoms with van der Waals surface area (Å²) in [6.07, 6.45) is 1.61. The molecule has 1 amide bonds. The lowest BCUT2D eigenvalue weighted by atomic mass is 10.1. The first-order chi connectivity index (χ1) is 9.49. The van der Waals surface area contributed by atoms with Crippen molar-refractivity contribution in [2.75, 3.05) is 21.2 Å². The molecule has 1 fully saturated rings. The molecule has 0 radical (unpaired) electrons. The molecule has 6 nitrogen and oxygen atoms in total. The number of fused-ring (bicyclic) bond motifs is 1. The Bertz CT molecular complexity index is 691. The summed E-state index contributed by atoms with van der Waals surface area (Å²) >= 11 is 2.19. The first kappa shape index (κ1) is 13.6. The first-order valence-corrected chi connectivity index (χ1v) is 7.39. The molecule has 0 atom stereocenters. The highest BCUT2D eigenvalue weighted by molar-refractivity contribution is 14.1. The second kappa shape index (κ2) is 4.57. The Balaban J connectivity index is 2.15. The van der Waals surface area contributed by atoms with Crippen LogP contribution < -0.4 is 4.74 Å². The van der Waals surface area contributed by atoms with E-state index >= 15 is 0 Å². The van der Waals surface area contributed by atoms with Gasteiger partial charge in [-0.3, -0.25) is 4.79 Å². The molecule has 3 rings (SSSR count). The van der Waals surface area contributed by atoms with E-state index in [0.29, 0.717) is 17.2 Å². The molecule has 0 aromatic carbocycles. The van der Waals surface area contributed by atoms with Gasteiger partial charge in [0.1, 0.15) is 9.12 Å². The van der Waals surface area contributed by atoms with Crippen LogP contribution in [0.1, 0.15) is 18.7 Å². The van der Waals surface area contributed by atoms with Gasteiger partial charge in [0.25, 0.3) is 0 Å². The van der Waals surface area contributed by atoms with E-state index in [0.717, 1.165) is 16.5 Å². The minimum absolute atomic E-state index is 0.0716. The Hall–Kier alpha value is -1.38. The van der Waals surface area contributed by atoms with E-state index in [-0.39, 0.29) is 5.91 Å². The van der Waals surface area contributed by atoms with Gasteiger partial charge in [0, 0.05) is 14.1 Å². The number of aromatic nitrogens is 3. The molecule has 1 saturated carbocycles. The van der Waals surface area contributed by atoms with E-state index in [1.54, 1.807) is 30.6 Å². The Labute approximate surface area is 130 Å². The summed E-state index contributed by atoms with van der Waals surface area (Å²) in [6.45, 7) is 0. The Kier molecular flexibility index (Phi) is 3.11. The van der Waals surface area contributed by atoms with Crippen molar-refractivity contribution in [1.29, 1.82) is 0 Å². The maximum Gasteiger partial charge on any atom is 0.236 e. The number of carbonyl (C=O) groups is 1. The number of ether oxygens (including phenoxy) is 1. The van der Waals surface area contributed by atoms with Crippen LogP contribution in [0.3, 0.4) is 0 Å². The number of pyridine rings is 1. The van der Waals surface area contributed by atoms with Crippen molar-refractivity contribution in [2.24, 2.45) is 0 Å². The maximum absolute atomic E-state index is 12.3. The second-order valence-corrected chi connectivity index (χ2v) is 6.28. The van der Waals surface area contributed by atoms with Gasteiger partial charge in [-0.05, 0) is 47.6 Å². The van der Waals surface area contributed by atoms with Crippen LogP contribution in [0.5, 0.6) is 5.75 Å². The van der Waals surface area contributed by atoms with Crippen molar-refractivity contribution >= 4 is 34.1 Å². The summed E-state index contributed by atoms with van der Waals surface area (Å²) in [6, 6.07) is 3.78. The lowest BCUT2D eigenvalue weighted by Crippen LogP contribution is -2.34. The van der Waals surface area contributed by atoms with E-state index in [1.807, 2.05) is 12.1 Å². The van der Waals surface area contributed by atoms with E-state index in [4.69, 9.17) is 4.74 Å². The van der Waals surface area contributed by atoms with Crippen molar-refractivity contribution < 1.29 is 9.53 Å². The van der Waals surface area contributed by atoms with Crippen LogP contribution in [-0.2, 0) is 10.2 Å². The van der Waals surface area contributed by atoms with E-state index in [2.05, 4.69) is 32.7 Å². The average molecular weight is 386 g/mol. The minimum atomic E-state index is -0.538. The van der Waals surface area contributed by atoms with Crippen LogP contribution in [0.4, 0.5) is 0 Å². The number of carbonyl (C=O) groups excluding carboxylic acids is 1. The zero-order valence-electron chi connectivity index (χ0n) is 11.6. The quantitative estimate of drug-likeness (QED) is 0.592. The summed E-state index contributed by atoms with van der Waals surface area (Å²) in [7, 11) is 5.14. The monoisotopic (exact) mass is 386 g/mol. The number of likely N-dealkylation sites (N-methyl/N-ethyl adjacent to an activating group) is 1. The molecule has 0 saturated heterocycles. The third-order valence-electron chi connectivity index (χ3n) is 3.62. The molecule has 0 N–H and O–H groups in total. The van der Waals surface area contributed by atoms with Crippen molar-refractivity contribution in [1.82, 2.24) is 19.5 Å². The summed E-state index contributed by atoms with van der Waals surface area (Å²) in [4.78, 5) is 18.5. The molecule has 2 aromatic heterocycles. The number of hydrogen-bond acceptors (Lipinski definition) is 4. The summed E-state index contributed by atoms with van der Waals surface area (Å²) < 4.78 is 7.98. The van der Waals surface area contributed by atoms with Gasteiger partial charge in [-0.1, -0.05) is 0 Å². The molecule has 1 aliphatic rings. The highest BCUT2D eigenvalue weighted by Crippen LogP contribution is 2.48. The number of nitrogens with zero attached hydrogens (tertiary/aromatic N) is 4. The van der Waals surface area contributed by atoms with Crippen LogP contribution >= 0.6 is 22.6 Å². The minimum Gasteiger partial charge on any atom is -0.493 e. The molecular weight excluding hydrogens is 371 g/mol. The molecule has 2 heterocycles. The summed E-state index contributed by atoms with van der Waals surface area (Å²) in [5.41, 5.74) is 0.121. The zero-order valence-corrected chi connectivity index (χ0v) is 13.7. The third kappa shape index (κ3) is 1.87. The first-order valence-electron chi connectivity index (χ1n) is 6.31. The molecule has 2 aromatic rings. The Morgan fingerprint density at radius 1 is 1.45 bits per heavy atom. The van der Waals surface area contributed by atoms with Gasteiger partial charge in [0.2, 0.25) is 5.91 Å². The number of rotatable bonds is 3. The Morgan fingerprint density at radius 3 is 2.70 bits per heavy atom. The summed E-state index contributed by atoms with van der Waals surface area (Å²) in [5, 5.41) is 4.53. The summed E-state index contributed by atoms with van der Waals surface area (Å²) in [5.74, 6) is 1.33. The molecule has 7 heteroatoms. The smallest absolute Gasteiger partial charge is 0.236 e. The average Bonchev–Trinajstić information content (AvgIpc) is 3.11. The molecular formula is C13H15IN4O2. The number of hydrogen-bond donors (Lipinski definition) is 0. The highest BCUT2D eigenvalue weighted by Gasteiger charge is 2.55. The number of halogens is 1. The van der Waals surface area contributed by atoms with Gasteiger partial charge in [0.05, 0.1) is 7.11 Å². The van der Waals surface area contributed by atoms with Gasteiger partial charge in [0.15, 0.2) is 17.2 Å². The van der Waals surface area contributed by atoms with Crippen LogP contribution in [-0.4, -0.2) is 46.6 Å². The predicted molar refractivity (Wildman–Crippen MR) is 81.9 cm³/mol. The van der Waals surface area contributed by atoms with Crippen molar-refractivity contribution in [3.05, 3.63) is 21.7 Å². The molecule has 106 valence electrons. The Morgan fingerprint density at radius 2 is 2.15 bits per heavy atom. The number of methoxy groups -OCH3 is 1. The second-order valence-electron chi connectivity index (χ2n) is 5.18. The van der Waals surface area contributed by atoms with Crippen LogP contribution in [0.25, 0.3) is 5.65 Å². The van der Waals surface area contributed by atoms with Gasteiger partial charge in [-0.15, -0.1) is 5.10 Å².